The standard InChI is InChI=1S/C14H16ClN3O2/c1-8(9-6-16-7-9)14-17-13(18-20-14)11-4-3-10(15)5-12(11)19-2/h3-5,8-9,16H,6-7H2,1-2H3. The summed E-state index contributed by atoms with van der Waals surface area (Å²) in [5.74, 6) is 2.67. The molecule has 2 heterocycles. The quantitative estimate of drug-likeness (QED) is 0.939. The van der Waals surface area contributed by atoms with Gasteiger partial charge in [-0.3, -0.25) is 0 Å². The number of benzene rings is 1. The van der Waals surface area contributed by atoms with Crippen molar-refractivity contribution in [3.8, 4) is 17.1 Å². The molecule has 1 atom stereocenters. The van der Waals surface area contributed by atoms with Gasteiger partial charge in [-0.25, -0.2) is 0 Å². The molecule has 0 bridgehead atoms. The highest BCUT2D eigenvalue weighted by Gasteiger charge is 2.29. The van der Waals surface area contributed by atoms with E-state index in [0.717, 1.165) is 18.7 Å². The van der Waals surface area contributed by atoms with E-state index in [1.54, 1.807) is 19.2 Å². The Hall–Kier alpha value is -1.59. The molecule has 106 valence electrons. The van der Waals surface area contributed by atoms with Crippen LogP contribution < -0.4 is 10.1 Å². The molecule has 0 radical (unpaired) electrons. The summed E-state index contributed by atoms with van der Waals surface area (Å²) in [4.78, 5) is 4.49. The summed E-state index contributed by atoms with van der Waals surface area (Å²) in [5.41, 5.74) is 0.783. The Morgan fingerprint density at radius 2 is 2.25 bits per heavy atom. The highest BCUT2D eigenvalue weighted by Crippen LogP contribution is 2.32. The average Bonchev–Trinajstić information content (AvgIpc) is 2.85. The summed E-state index contributed by atoms with van der Waals surface area (Å²) in [6.45, 7) is 4.12. The molecule has 5 nitrogen and oxygen atoms in total. The summed E-state index contributed by atoms with van der Waals surface area (Å²) in [6, 6.07) is 5.37. The fourth-order valence-corrected chi connectivity index (χ4v) is 2.41. The lowest BCUT2D eigenvalue weighted by Gasteiger charge is -2.30. The van der Waals surface area contributed by atoms with Gasteiger partial charge in [0.2, 0.25) is 11.7 Å². The van der Waals surface area contributed by atoms with E-state index in [4.69, 9.17) is 20.9 Å². The first-order valence-electron chi connectivity index (χ1n) is 6.57. The van der Waals surface area contributed by atoms with Crippen LogP contribution in [0.3, 0.4) is 0 Å². The van der Waals surface area contributed by atoms with Gasteiger partial charge in [0.1, 0.15) is 5.75 Å². The van der Waals surface area contributed by atoms with Crippen molar-refractivity contribution < 1.29 is 9.26 Å². The Labute approximate surface area is 122 Å². The van der Waals surface area contributed by atoms with Crippen molar-refractivity contribution in [1.29, 1.82) is 0 Å². The molecule has 6 heteroatoms. The number of methoxy groups -OCH3 is 1. The summed E-state index contributed by atoms with van der Waals surface area (Å²) >= 11 is 5.96. The van der Waals surface area contributed by atoms with E-state index in [1.807, 2.05) is 6.07 Å². The third kappa shape index (κ3) is 2.39. The van der Waals surface area contributed by atoms with Crippen LogP contribution in [-0.4, -0.2) is 30.3 Å². The van der Waals surface area contributed by atoms with E-state index in [-0.39, 0.29) is 5.92 Å². The van der Waals surface area contributed by atoms with Gasteiger partial charge in [0.15, 0.2) is 0 Å². The number of nitrogens with zero attached hydrogens (tertiary/aromatic N) is 2. The summed E-state index contributed by atoms with van der Waals surface area (Å²) in [6.07, 6.45) is 0. The molecule has 0 saturated carbocycles. The monoisotopic (exact) mass is 293 g/mol. The topological polar surface area (TPSA) is 60.2 Å². The summed E-state index contributed by atoms with van der Waals surface area (Å²) < 4.78 is 10.7. The highest BCUT2D eigenvalue weighted by molar-refractivity contribution is 6.30. The van der Waals surface area contributed by atoms with Crippen LogP contribution in [-0.2, 0) is 0 Å². The lowest BCUT2D eigenvalue weighted by molar-refractivity contribution is 0.252. The van der Waals surface area contributed by atoms with Crippen LogP contribution in [0.4, 0.5) is 0 Å². The van der Waals surface area contributed by atoms with Crippen molar-refractivity contribution in [2.45, 2.75) is 12.8 Å². The number of halogens is 1. The van der Waals surface area contributed by atoms with Crippen molar-refractivity contribution in [3.05, 3.63) is 29.1 Å². The number of aromatic nitrogens is 2. The Balaban J connectivity index is 1.89. The summed E-state index contributed by atoms with van der Waals surface area (Å²) in [5, 5.41) is 7.92. The molecule has 1 aromatic heterocycles. The second kappa shape index (κ2) is 5.42. The molecule has 20 heavy (non-hydrogen) atoms. The van der Waals surface area contributed by atoms with Crippen molar-refractivity contribution >= 4 is 11.6 Å². The molecule has 1 aliphatic heterocycles. The number of nitrogens with one attached hydrogen (secondary N) is 1. The Morgan fingerprint density at radius 3 is 2.90 bits per heavy atom. The normalized spacial score (nSPS) is 16.8. The van der Waals surface area contributed by atoms with Crippen LogP contribution in [0.15, 0.2) is 22.7 Å². The first-order chi connectivity index (χ1) is 9.69. The predicted molar refractivity (Wildman–Crippen MR) is 76.1 cm³/mol. The van der Waals surface area contributed by atoms with Gasteiger partial charge in [0.25, 0.3) is 0 Å². The maximum atomic E-state index is 5.96. The molecule has 1 N–H and O–H groups in total. The van der Waals surface area contributed by atoms with Crippen molar-refractivity contribution in [2.24, 2.45) is 5.92 Å². The van der Waals surface area contributed by atoms with Crippen LogP contribution >= 0.6 is 11.6 Å². The van der Waals surface area contributed by atoms with Gasteiger partial charge in [0, 0.05) is 10.9 Å². The van der Waals surface area contributed by atoms with E-state index in [9.17, 15) is 0 Å². The van der Waals surface area contributed by atoms with Crippen LogP contribution in [0.5, 0.6) is 5.75 Å². The molecule has 0 spiro atoms. The smallest absolute Gasteiger partial charge is 0.230 e. The fraction of sp³-hybridized carbons (Fsp3) is 0.429. The third-order valence-corrected chi connectivity index (χ3v) is 3.99. The van der Waals surface area contributed by atoms with Crippen LogP contribution in [0.25, 0.3) is 11.4 Å². The zero-order valence-electron chi connectivity index (χ0n) is 11.4. The second-order valence-electron chi connectivity index (χ2n) is 5.01. The first kappa shape index (κ1) is 13.4. The number of hydrogen-bond acceptors (Lipinski definition) is 5. The van der Waals surface area contributed by atoms with Gasteiger partial charge >= 0.3 is 0 Å². The Kier molecular flexibility index (Phi) is 3.63. The molecule has 0 aliphatic carbocycles. The van der Waals surface area contributed by atoms with Crippen molar-refractivity contribution in [2.75, 3.05) is 20.2 Å². The van der Waals surface area contributed by atoms with Gasteiger partial charge < -0.3 is 14.6 Å². The van der Waals surface area contributed by atoms with Gasteiger partial charge in [-0.15, -0.1) is 0 Å². The molecular formula is C14H16ClN3O2. The maximum Gasteiger partial charge on any atom is 0.230 e. The predicted octanol–water partition coefficient (Wildman–Crippen LogP) is 2.72. The molecule has 1 fully saturated rings. The molecule has 2 aromatic rings. The Bertz CT molecular complexity index is 610. The van der Waals surface area contributed by atoms with Crippen molar-refractivity contribution in [3.63, 3.8) is 0 Å². The minimum atomic E-state index is 0.260. The van der Waals surface area contributed by atoms with E-state index < -0.39 is 0 Å². The molecule has 0 amide bonds. The van der Waals surface area contributed by atoms with E-state index in [2.05, 4.69) is 22.4 Å². The van der Waals surface area contributed by atoms with Gasteiger partial charge in [-0.1, -0.05) is 23.7 Å². The fourth-order valence-electron chi connectivity index (χ4n) is 2.25. The van der Waals surface area contributed by atoms with Crippen molar-refractivity contribution in [1.82, 2.24) is 15.5 Å². The SMILES string of the molecule is COc1cc(Cl)ccc1-c1noc(C(C)C2CNC2)n1. The molecular weight excluding hydrogens is 278 g/mol. The zero-order chi connectivity index (χ0) is 14.1. The molecule has 1 unspecified atom stereocenters. The lowest BCUT2D eigenvalue weighted by Crippen LogP contribution is -2.44. The Morgan fingerprint density at radius 1 is 1.45 bits per heavy atom. The average molecular weight is 294 g/mol. The van der Waals surface area contributed by atoms with Crippen LogP contribution in [0.2, 0.25) is 5.02 Å². The highest BCUT2D eigenvalue weighted by atomic mass is 35.5. The third-order valence-electron chi connectivity index (χ3n) is 3.76. The zero-order valence-corrected chi connectivity index (χ0v) is 12.1. The lowest BCUT2D eigenvalue weighted by atomic mass is 9.89. The van der Waals surface area contributed by atoms with Crippen LogP contribution in [0, 0.1) is 5.92 Å². The number of hydrogen-bond donors (Lipinski definition) is 1. The number of ether oxygens (including phenoxy) is 1. The molecule has 1 aliphatic rings. The molecule has 1 aromatic carbocycles. The number of rotatable bonds is 4. The van der Waals surface area contributed by atoms with E-state index >= 15 is 0 Å². The van der Waals surface area contributed by atoms with E-state index in [1.165, 1.54) is 0 Å². The molecule has 1 saturated heterocycles. The first-order valence-corrected chi connectivity index (χ1v) is 6.95. The van der Waals surface area contributed by atoms with Crippen LogP contribution in [0.1, 0.15) is 18.7 Å². The summed E-state index contributed by atoms with van der Waals surface area (Å²) in [7, 11) is 1.60. The van der Waals surface area contributed by atoms with E-state index in [0.29, 0.717) is 28.4 Å². The minimum Gasteiger partial charge on any atom is -0.496 e. The largest absolute Gasteiger partial charge is 0.496 e. The second-order valence-corrected chi connectivity index (χ2v) is 5.44. The maximum absolute atomic E-state index is 5.96. The molecule has 3 rings (SSSR count). The van der Waals surface area contributed by atoms with Gasteiger partial charge in [-0.2, -0.15) is 4.98 Å². The van der Waals surface area contributed by atoms with Gasteiger partial charge in [0.05, 0.1) is 12.7 Å². The van der Waals surface area contributed by atoms with Gasteiger partial charge in [-0.05, 0) is 37.2 Å². The minimum absolute atomic E-state index is 0.260.